The molecule has 0 spiro atoms. The molecule has 2 amide bonds. The van der Waals surface area contributed by atoms with Crippen LogP contribution in [0.1, 0.15) is 41.3 Å². The summed E-state index contributed by atoms with van der Waals surface area (Å²) >= 11 is 1.39. The molecule has 1 unspecified atom stereocenters. The number of aryl methyl sites for hydroxylation is 1. The Hall–Kier alpha value is -3.21. The Morgan fingerprint density at radius 3 is 2.31 bits per heavy atom. The van der Waals surface area contributed by atoms with Gasteiger partial charge in [0.15, 0.2) is 9.84 Å². The molecule has 1 saturated heterocycles. The van der Waals surface area contributed by atoms with Crippen molar-refractivity contribution in [3.8, 4) is 11.5 Å². The van der Waals surface area contributed by atoms with E-state index < -0.39 is 26.9 Å². The highest BCUT2D eigenvalue weighted by atomic mass is 32.2. The van der Waals surface area contributed by atoms with Crippen LogP contribution in [0, 0.1) is 0 Å². The molecular weight excluding hydrogens is 500 g/mol. The van der Waals surface area contributed by atoms with E-state index in [9.17, 15) is 23.2 Å². The van der Waals surface area contributed by atoms with Crippen molar-refractivity contribution < 1.29 is 28.0 Å². The van der Waals surface area contributed by atoms with Crippen LogP contribution < -0.4 is 10.2 Å². The minimum atomic E-state index is -3.90. The summed E-state index contributed by atoms with van der Waals surface area (Å²) in [6.45, 7) is 2.24. The van der Waals surface area contributed by atoms with Crippen LogP contribution in [0.2, 0.25) is 0 Å². The van der Waals surface area contributed by atoms with E-state index in [0.717, 1.165) is 6.42 Å². The van der Waals surface area contributed by atoms with Crippen LogP contribution in [0.15, 0.2) is 65.4 Å². The van der Waals surface area contributed by atoms with Crippen LogP contribution in [-0.2, 0) is 25.8 Å². The van der Waals surface area contributed by atoms with Gasteiger partial charge >= 0.3 is 0 Å². The molecule has 8 nitrogen and oxygen atoms in total. The van der Waals surface area contributed by atoms with Gasteiger partial charge in [-0.05, 0) is 59.7 Å². The lowest BCUT2D eigenvalue weighted by atomic mass is 9.90. The molecule has 2 heterocycles. The Labute approximate surface area is 214 Å². The number of hydroxylamine groups is 1. The number of ether oxygens (including phenoxy) is 1. The van der Waals surface area contributed by atoms with Crippen molar-refractivity contribution >= 4 is 33.0 Å². The molecule has 3 aromatic rings. The Morgan fingerprint density at radius 1 is 1.06 bits per heavy atom. The second kappa shape index (κ2) is 10.8. The first-order valence-corrected chi connectivity index (χ1v) is 14.2. The van der Waals surface area contributed by atoms with E-state index in [1.165, 1.54) is 21.8 Å². The first-order valence-electron chi connectivity index (χ1n) is 11.6. The molecular formula is C26H28N2O6S2. The van der Waals surface area contributed by atoms with Crippen LogP contribution in [0.25, 0.3) is 0 Å². The van der Waals surface area contributed by atoms with Gasteiger partial charge < -0.3 is 9.64 Å². The number of hydrogen-bond acceptors (Lipinski definition) is 7. The van der Waals surface area contributed by atoms with E-state index >= 15 is 0 Å². The van der Waals surface area contributed by atoms with Crippen molar-refractivity contribution in [3.63, 3.8) is 0 Å². The predicted molar refractivity (Wildman–Crippen MR) is 137 cm³/mol. The molecule has 2 N–H and O–H groups in total. The maximum Gasteiger partial charge on any atom is 0.254 e. The third-order valence-corrected chi connectivity index (χ3v) is 9.76. The van der Waals surface area contributed by atoms with Crippen LogP contribution in [-0.4, -0.2) is 49.2 Å². The fourth-order valence-corrected chi connectivity index (χ4v) is 7.19. The zero-order valence-corrected chi connectivity index (χ0v) is 21.5. The Kier molecular flexibility index (Phi) is 7.77. The lowest BCUT2D eigenvalue weighted by Gasteiger charge is -2.32. The minimum absolute atomic E-state index is 0.0112. The van der Waals surface area contributed by atoms with Crippen LogP contribution in [0.4, 0.5) is 0 Å². The molecule has 1 atom stereocenters. The molecule has 0 saturated carbocycles. The summed E-state index contributed by atoms with van der Waals surface area (Å²) in [6.07, 6.45) is 0.464. The number of nitrogens with one attached hydrogen (secondary N) is 1. The van der Waals surface area contributed by atoms with Gasteiger partial charge in [0.05, 0.1) is 17.7 Å². The fraction of sp³-hybridized carbons (Fsp3) is 0.308. The third kappa shape index (κ3) is 5.30. The van der Waals surface area contributed by atoms with Crippen molar-refractivity contribution in [2.24, 2.45) is 0 Å². The highest BCUT2D eigenvalue weighted by Crippen LogP contribution is 2.41. The van der Waals surface area contributed by atoms with Gasteiger partial charge in [-0.25, -0.2) is 13.9 Å². The third-order valence-electron chi connectivity index (χ3n) is 6.58. The molecule has 0 aliphatic carbocycles. The average Bonchev–Trinajstić information content (AvgIpc) is 3.39. The fourth-order valence-electron chi connectivity index (χ4n) is 4.46. The highest BCUT2D eigenvalue weighted by Gasteiger charge is 2.48. The van der Waals surface area contributed by atoms with Crippen LogP contribution in [0.5, 0.6) is 11.5 Å². The molecule has 4 rings (SSSR count). The summed E-state index contributed by atoms with van der Waals surface area (Å²) in [5.41, 5.74) is 3.67. The molecule has 2 aromatic carbocycles. The first-order chi connectivity index (χ1) is 17.3. The average molecular weight is 529 g/mol. The number of thiophene rings is 1. The Balaban J connectivity index is 1.63. The topological polar surface area (TPSA) is 113 Å². The predicted octanol–water partition coefficient (Wildman–Crippen LogP) is 4.15. The number of hydrogen-bond donors (Lipinski definition) is 2. The Morgan fingerprint density at radius 2 is 1.72 bits per heavy atom. The summed E-state index contributed by atoms with van der Waals surface area (Å²) in [4.78, 5) is 26.7. The largest absolute Gasteiger partial charge is 0.457 e. The summed E-state index contributed by atoms with van der Waals surface area (Å²) in [6, 6.07) is 16.0. The highest BCUT2D eigenvalue weighted by molar-refractivity contribution is 7.92. The van der Waals surface area contributed by atoms with E-state index in [1.807, 2.05) is 24.3 Å². The van der Waals surface area contributed by atoms with Crippen molar-refractivity contribution in [2.75, 3.05) is 18.8 Å². The number of benzene rings is 2. The van der Waals surface area contributed by atoms with E-state index in [1.54, 1.807) is 46.6 Å². The molecule has 1 aliphatic rings. The molecule has 10 heteroatoms. The lowest BCUT2D eigenvalue weighted by molar-refractivity contribution is -0.130. The van der Waals surface area contributed by atoms with Gasteiger partial charge in [-0.2, -0.15) is 11.3 Å². The SMILES string of the molecule is CCc1ccc(Oc2ccc(C3(CC(=O)NO)CCN(C(=O)c4ccsc4)CCS3(=O)=O)cc2)cc1. The van der Waals surface area contributed by atoms with Gasteiger partial charge in [0.2, 0.25) is 5.91 Å². The molecule has 190 valence electrons. The van der Waals surface area contributed by atoms with Crippen molar-refractivity contribution in [2.45, 2.75) is 30.9 Å². The Bertz CT molecular complexity index is 1310. The second-order valence-corrected chi connectivity index (χ2v) is 11.9. The van der Waals surface area contributed by atoms with Gasteiger partial charge in [-0.15, -0.1) is 0 Å². The standard InChI is InChI=1S/C26H28N2O6S2/c1-2-19-3-7-22(8-4-19)34-23-9-5-21(6-10-23)26(17-24(29)27-31)12-13-28(14-16-36(26,32)33)25(30)20-11-15-35-18-20/h3-11,15,18,31H,2,12-14,16-17H2,1H3,(H,27,29). The molecule has 36 heavy (non-hydrogen) atoms. The molecule has 1 aromatic heterocycles. The van der Waals surface area contributed by atoms with E-state index in [2.05, 4.69) is 6.92 Å². The maximum atomic E-state index is 13.6. The second-order valence-electron chi connectivity index (χ2n) is 8.70. The van der Waals surface area contributed by atoms with Gasteiger partial charge in [0, 0.05) is 18.5 Å². The van der Waals surface area contributed by atoms with Crippen LogP contribution in [0.3, 0.4) is 0 Å². The zero-order valence-electron chi connectivity index (χ0n) is 19.8. The summed E-state index contributed by atoms with van der Waals surface area (Å²) in [5, 5.41) is 12.7. The van der Waals surface area contributed by atoms with Gasteiger partial charge in [-0.1, -0.05) is 31.2 Å². The summed E-state index contributed by atoms with van der Waals surface area (Å²) < 4.78 is 31.6. The number of rotatable bonds is 7. The van der Waals surface area contributed by atoms with Gasteiger partial charge in [-0.3, -0.25) is 14.8 Å². The van der Waals surface area contributed by atoms with Crippen molar-refractivity contribution in [1.82, 2.24) is 10.4 Å². The summed E-state index contributed by atoms with van der Waals surface area (Å²) in [5.74, 6) is -0.188. The minimum Gasteiger partial charge on any atom is -0.457 e. The smallest absolute Gasteiger partial charge is 0.254 e. The van der Waals surface area contributed by atoms with Crippen molar-refractivity contribution in [1.29, 1.82) is 0 Å². The number of sulfone groups is 1. The monoisotopic (exact) mass is 528 g/mol. The maximum absolute atomic E-state index is 13.6. The number of nitrogens with zero attached hydrogens (tertiary/aromatic N) is 1. The molecule has 0 radical (unpaired) electrons. The zero-order chi connectivity index (χ0) is 25.8. The van der Waals surface area contributed by atoms with Gasteiger partial charge in [0.1, 0.15) is 16.2 Å². The first kappa shape index (κ1) is 25.9. The van der Waals surface area contributed by atoms with E-state index in [-0.39, 0.29) is 31.2 Å². The number of amides is 2. The molecule has 1 aliphatic heterocycles. The van der Waals surface area contributed by atoms with Crippen molar-refractivity contribution in [3.05, 3.63) is 82.0 Å². The summed E-state index contributed by atoms with van der Waals surface area (Å²) in [7, 11) is -3.90. The number of carbonyl (C=O) groups is 2. The van der Waals surface area contributed by atoms with E-state index in [0.29, 0.717) is 22.6 Å². The van der Waals surface area contributed by atoms with Crippen LogP contribution >= 0.6 is 11.3 Å². The van der Waals surface area contributed by atoms with Gasteiger partial charge in [0.25, 0.3) is 5.91 Å². The van der Waals surface area contributed by atoms with E-state index in [4.69, 9.17) is 4.74 Å². The normalized spacial score (nSPS) is 19.3. The quantitative estimate of drug-likeness (QED) is 0.352. The number of carbonyl (C=O) groups excluding carboxylic acids is 2. The lowest BCUT2D eigenvalue weighted by Crippen LogP contribution is -2.42. The molecule has 1 fully saturated rings. The molecule has 0 bridgehead atoms.